The normalized spacial score (nSPS) is 11.9. The Bertz CT molecular complexity index is 961. The number of anilines is 1. The van der Waals surface area contributed by atoms with Gasteiger partial charge in [0.15, 0.2) is 4.91 Å². The van der Waals surface area contributed by atoms with Crippen LogP contribution in [-0.2, 0) is 10.0 Å². The summed E-state index contributed by atoms with van der Waals surface area (Å²) in [6, 6.07) is 11.6. The van der Waals surface area contributed by atoms with Gasteiger partial charge in [0.1, 0.15) is 6.07 Å². The Hall–Kier alpha value is -2.00. The number of hydrogen-bond donors (Lipinski definition) is 1. The second kappa shape index (κ2) is 7.27. The lowest BCUT2D eigenvalue weighted by atomic mass is 10.1. The van der Waals surface area contributed by atoms with Crippen molar-refractivity contribution in [2.75, 3.05) is 4.72 Å². The largest absolute Gasteiger partial charge is 0.279 e. The van der Waals surface area contributed by atoms with Gasteiger partial charge in [0.2, 0.25) is 0 Å². The molecule has 2 aromatic rings. The van der Waals surface area contributed by atoms with Crippen LogP contribution in [0.3, 0.4) is 0 Å². The van der Waals surface area contributed by atoms with Crippen LogP contribution in [0.5, 0.6) is 0 Å². The number of hydrogen-bond acceptors (Lipinski definition) is 3. The average molecular weight is 381 g/mol. The number of benzene rings is 2. The van der Waals surface area contributed by atoms with Crippen LogP contribution in [0.25, 0.3) is 6.08 Å². The molecule has 0 aliphatic heterocycles. The summed E-state index contributed by atoms with van der Waals surface area (Å²) in [4.78, 5) is -0.416. The van der Waals surface area contributed by atoms with Gasteiger partial charge in [-0.3, -0.25) is 4.72 Å². The summed E-state index contributed by atoms with van der Waals surface area (Å²) >= 11 is 11.7. The van der Waals surface area contributed by atoms with E-state index < -0.39 is 14.9 Å². The first-order chi connectivity index (χ1) is 11.2. The lowest BCUT2D eigenvalue weighted by Gasteiger charge is -2.10. The minimum absolute atomic E-state index is 0.280. The number of nitrogens with zero attached hydrogens (tertiary/aromatic N) is 1. The maximum atomic E-state index is 12.5. The van der Waals surface area contributed by atoms with Crippen LogP contribution < -0.4 is 4.72 Å². The first-order valence-electron chi connectivity index (χ1n) is 6.90. The third-order valence-corrected chi connectivity index (χ3v) is 5.28. The van der Waals surface area contributed by atoms with Gasteiger partial charge in [-0.1, -0.05) is 47.0 Å². The predicted octanol–water partition coefficient (Wildman–Crippen LogP) is 4.92. The zero-order chi connectivity index (χ0) is 17.9. The Morgan fingerprint density at radius 3 is 2.42 bits per heavy atom. The van der Waals surface area contributed by atoms with Crippen molar-refractivity contribution in [1.82, 2.24) is 0 Å². The Morgan fingerprint density at radius 2 is 1.83 bits per heavy atom. The molecule has 0 radical (unpaired) electrons. The van der Waals surface area contributed by atoms with Gasteiger partial charge in [-0.05, 0) is 49.2 Å². The Labute approximate surface area is 151 Å². The second-order valence-corrected chi connectivity index (χ2v) is 7.68. The molecule has 0 saturated heterocycles. The van der Waals surface area contributed by atoms with Crippen LogP contribution in [0, 0.1) is 25.2 Å². The highest BCUT2D eigenvalue weighted by molar-refractivity contribution is 7.97. The van der Waals surface area contributed by atoms with E-state index in [0.29, 0.717) is 16.3 Å². The van der Waals surface area contributed by atoms with Crippen molar-refractivity contribution < 1.29 is 8.42 Å². The molecule has 0 fully saturated rings. The molecule has 0 spiro atoms. The summed E-state index contributed by atoms with van der Waals surface area (Å²) < 4.78 is 27.4. The van der Waals surface area contributed by atoms with Crippen molar-refractivity contribution in [3.05, 3.63) is 68.0 Å². The Morgan fingerprint density at radius 1 is 1.12 bits per heavy atom. The van der Waals surface area contributed by atoms with Gasteiger partial charge >= 0.3 is 0 Å². The van der Waals surface area contributed by atoms with Crippen LogP contribution in [0.2, 0.25) is 10.0 Å². The standard InChI is InChI=1S/C17H14Cl2N2O2S/c1-11-3-6-17(12(2)7-11)21-24(22,23)14(10-20)8-13-4-5-15(18)16(19)9-13/h3-9,21H,1-2H3/b14-8-. The first-order valence-corrected chi connectivity index (χ1v) is 9.14. The van der Waals surface area contributed by atoms with Gasteiger partial charge in [-0.25, -0.2) is 8.42 Å². The van der Waals surface area contributed by atoms with Crippen molar-refractivity contribution in [3.8, 4) is 6.07 Å². The fourth-order valence-corrected chi connectivity index (χ4v) is 3.40. The summed E-state index contributed by atoms with van der Waals surface area (Å²) in [5.74, 6) is 0. The summed E-state index contributed by atoms with van der Waals surface area (Å²) in [6.07, 6.45) is 1.24. The molecule has 0 unspecified atom stereocenters. The van der Waals surface area contributed by atoms with E-state index in [0.717, 1.165) is 11.1 Å². The van der Waals surface area contributed by atoms with Gasteiger partial charge in [0.05, 0.1) is 15.7 Å². The average Bonchev–Trinajstić information content (AvgIpc) is 2.51. The number of rotatable bonds is 4. The van der Waals surface area contributed by atoms with Crippen molar-refractivity contribution in [2.24, 2.45) is 0 Å². The quantitative estimate of drug-likeness (QED) is 0.765. The van der Waals surface area contributed by atoms with E-state index in [-0.39, 0.29) is 5.02 Å². The zero-order valence-electron chi connectivity index (χ0n) is 13.0. The molecule has 24 heavy (non-hydrogen) atoms. The number of aryl methyl sites for hydroxylation is 2. The molecule has 0 heterocycles. The lowest BCUT2D eigenvalue weighted by molar-refractivity contribution is 0.608. The number of nitrogens with one attached hydrogen (secondary N) is 1. The Kier molecular flexibility index (Phi) is 5.55. The molecule has 0 aliphatic carbocycles. The lowest BCUT2D eigenvalue weighted by Crippen LogP contribution is -2.15. The molecule has 1 N–H and O–H groups in total. The summed E-state index contributed by atoms with van der Waals surface area (Å²) in [6.45, 7) is 3.70. The monoisotopic (exact) mass is 380 g/mol. The van der Waals surface area contributed by atoms with Crippen molar-refractivity contribution in [3.63, 3.8) is 0 Å². The zero-order valence-corrected chi connectivity index (χ0v) is 15.3. The topological polar surface area (TPSA) is 70.0 Å². The molecule has 0 saturated carbocycles. The molecular weight excluding hydrogens is 367 g/mol. The number of allylic oxidation sites excluding steroid dienone is 1. The fraction of sp³-hybridized carbons (Fsp3) is 0.118. The summed E-state index contributed by atoms with van der Waals surface area (Å²) in [5, 5.41) is 9.87. The van der Waals surface area contributed by atoms with Gasteiger partial charge in [-0.2, -0.15) is 5.26 Å². The van der Waals surface area contributed by atoms with Crippen molar-refractivity contribution in [2.45, 2.75) is 13.8 Å². The highest BCUT2D eigenvalue weighted by Crippen LogP contribution is 2.25. The van der Waals surface area contributed by atoms with E-state index in [1.165, 1.54) is 18.2 Å². The molecule has 124 valence electrons. The van der Waals surface area contributed by atoms with Crippen LogP contribution in [0.15, 0.2) is 41.3 Å². The SMILES string of the molecule is Cc1ccc(NS(=O)(=O)/C(C#N)=C\c2ccc(Cl)c(Cl)c2)c(C)c1. The molecular formula is C17H14Cl2N2O2S. The summed E-state index contributed by atoms with van der Waals surface area (Å²) in [5.41, 5.74) is 2.68. The number of halogens is 2. The second-order valence-electron chi connectivity index (χ2n) is 5.22. The Balaban J connectivity index is 2.39. The molecule has 0 atom stereocenters. The maximum absolute atomic E-state index is 12.5. The highest BCUT2D eigenvalue weighted by atomic mass is 35.5. The third-order valence-electron chi connectivity index (χ3n) is 3.27. The molecule has 2 aromatic carbocycles. The third kappa shape index (κ3) is 4.30. The van der Waals surface area contributed by atoms with Gasteiger partial charge in [0.25, 0.3) is 10.0 Å². The van der Waals surface area contributed by atoms with E-state index in [2.05, 4.69) is 4.72 Å². The molecule has 2 rings (SSSR count). The van der Waals surface area contributed by atoms with E-state index >= 15 is 0 Å². The fourth-order valence-electron chi connectivity index (χ4n) is 2.05. The first kappa shape index (κ1) is 18.3. The van der Waals surface area contributed by atoms with E-state index in [1.807, 2.05) is 13.0 Å². The van der Waals surface area contributed by atoms with E-state index in [1.54, 1.807) is 31.2 Å². The maximum Gasteiger partial charge on any atom is 0.272 e. The minimum Gasteiger partial charge on any atom is -0.279 e. The molecule has 0 amide bonds. The van der Waals surface area contributed by atoms with Gasteiger partial charge in [-0.15, -0.1) is 0 Å². The molecule has 0 aromatic heterocycles. The van der Waals surface area contributed by atoms with Crippen LogP contribution in [0.4, 0.5) is 5.69 Å². The smallest absolute Gasteiger partial charge is 0.272 e. The van der Waals surface area contributed by atoms with Crippen LogP contribution in [-0.4, -0.2) is 8.42 Å². The van der Waals surface area contributed by atoms with Gasteiger partial charge in [0, 0.05) is 0 Å². The number of sulfonamides is 1. The highest BCUT2D eigenvalue weighted by Gasteiger charge is 2.18. The van der Waals surface area contributed by atoms with Crippen LogP contribution in [0.1, 0.15) is 16.7 Å². The van der Waals surface area contributed by atoms with Gasteiger partial charge < -0.3 is 0 Å². The molecule has 7 heteroatoms. The van der Waals surface area contributed by atoms with Crippen LogP contribution >= 0.6 is 23.2 Å². The van der Waals surface area contributed by atoms with E-state index in [4.69, 9.17) is 23.2 Å². The molecule has 0 aliphatic rings. The van der Waals surface area contributed by atoms with Crippen molar-refractivity contribution in [1.29, 1.82) is 5.26 Å². The predicted molar refractivity (Wildman–Crippen MR) is 98.5 cm³/mol. The van der Waals surface area contributed by atoms with E-state index in [9.17, 15) is 13.7 Å². The van der Waals surface area contributed by atoms with Crippen molar-refractivity contribution >= 4 is 45.0 Å². The summed E-state index contributed by atoms with van der Waals surface area (Å²) in [7, 11) is -4.01. The minimum atomic E-state index is -4.01. The molecule has 0 bridgehead atoms. The number of nitriles is 1. The molecule has 4 nitrogen and oxygen atoms in total.